The molecule has 1 aromatic carbocycles. The van der Waals surface area contributed by atoms with E-state index in [9.17, 15) is 17.7 Å². The van der Waals surface area contributed by atoms with Crippen LogP contribution in [0.15, 0.2) is 22.7 Å². The number of hydrogen-bond donors (Lipinski definition) is 0. The van der Waals surface area contributed by atoms with Crippen LogP contribution in [0.1, 0.15) is 13.8 Å². The Morgan fingerprint density at radius 1 is 1.20 bits per heavy atom. The van der Waals surface area contributed by atoms with Gasteiger partial charge in [-0.2, -0.15) is 0 Å². The van der Waals surface area contributed by atoms with E-state index in [0.29, 0.717) is 4.47 Å². The molecule has 0 spiro atoms. The standard InChI is InChI=1S/C11H13BrF3O4P/c1-3-17-20(16,18-4-2)10-7-8(12)5-6-9(10)19-11(13,14)15/h5-7H,3-4H2,1-2H3. The molecule has 0 saturated heterocycles. The van der Waals surface area contributed by atoms with E-state index in [1.165, 1.54) is 12.1 Å². The lowest BCUT2D eigenvalue weighted by Crippen LogP contribution is -2.23. The third kappa shape index (κ3) is 4.77. The Balaban J connectivity index is 3.32. The van der Waals surface area contributed by atoms with Gasteiger partial charge in [0.1, 0.15) is 11.1 Å². The van der Waals surface area contributed by atoms with Crippen LogP contribution in [0.25, 0.3) is 0 Å². The maximum Gasteiger partial charge on any atom is 0.573 e. The summed E-state index contributed by atoms with van der Waals surface area (Å²) < 4.78 is 64.1. The van der Waals surface area contributed by atoms with Crippen molar-refractivity contribution in [3.8, 4) is 5.75 Å². The molecule has 0 aliphatic heterocycles. The predicted octanol–water partition coefficient (Wildman–Crippen LogP) is 4.24. The summed E-state index contributed by atoms with van der Waals surface area (Å²) in [6, 6.07) is 3.62. The number of benzene rings is 1. The van der Waals surface area contributed by atoms with Crippen LogP contribution in [-0.2, 0) is 13.6 Å². The quantitative estimate of drug-likeness (QED) is 0.696. The summed E-state index contributed by atoms with van der Waals surface area (Å²) in [5, 5.41) is -0.270. The highest BCUT2D eigenvalue weighted by Crippen LogP contribution is 2.50. The van der Waals surface area contributed by atoms with Crippen LogP contribution in [-0.4, -0.2) is 19.6 Å². The maximum atomic E-state index is 12.6. The molecule has 0 saturated carbocycles. The van der Waals surface area contributed by atoms with Gasteiger partial charge in [0.15, 0.2) is 0 Å². The molecular formula is C11H13BrF3O4P. The molecule has 0 aliphatic carbocycles. The molecule has 0 fully saturated rings. The van der Waals surface area contributed by atoms with Crippen molar-refractivity contribution in [2.45, 2.75) is 20.2 Å². The molecule has 0 aliphatic rings. The molecule has 0 N–H and O–H groups in total. The molecule has 4 nitrogen and oxygen atoms in total. The molecule has 0 radical (unpaired) electrons. The summed E-state index contributed by atoms with van der Waals surface area (Å²) in [6.07, 6.45) is -4.90. The van der Waals surface area contributed by atoms with Gasteiger partial charge in [0.2, 0.25) is 0 Å². The molecule has 20 heavy (non-hydrogen) atoms. The third-order valence-electron chi connectivity index (χ3n) is 2.04. The van der Waals surface area contributed by atoms with E-state index >= 15 is 0 Å². The summed E-state index contributed by atoms with van der Waals surface area (Å²) in [5.41, 5.74) is 0. The highest BCUT2D eigenvalue weighted by atomic mass is 79.9. The first-order valence-electron chi connectivity index (χ1n) is 5.67. The Morgan fingerprint density at radius 2 is 1.75 bits per heavy atom. The van der Waals surface area contributed by atoms with Crippen molar-refractivity contribution in [1.82, 2.24) is 0 Å². The van der Waals surface area contributed by atoms with Gasteiger partial charge in [-0.05, 0) is 32.0 Å². The van der Waals surface area contributed by atoms with E-state index in [0.717, 1.165) is 6.07 Å². The van der Waals surface area contributed by atoms with E-state index in [-0.39, 0.29) is 18.5 Å². The normalized spacial score (nSPS) is 12.5. The molecule has 0 unspecified atom stereocenters. The fourth-order valence-corrected chi connectivity index (χ4v) is 3.69. The fraction of sp³-hybridized carbons (Fsp3) is 0.455. The third-order valence-corrected chi connectivity index (χ3v) is 4.67. The summed E-state index contributed by atoms with van der Waals surface area (Å²) >= 11 is 3.10. The van der Waals surface area contributed by atoms with Crippen LogP contribution in [0, 0.1) is 0 Å². The molecule has 1 aromatic rings. The van der Waals surface area contributed by atoms with Crippen molar-refractivity contribution >= 4 is 28.8 Å². The van der Waals surface area contributed by atoms with Gasteiger partial charge in [-0.15, -0.1) is 13.2 Å². The van der Waals surface area contributed by atoms with Crippen LogP contribution < -0.4 is 10.0 Å². The average Bonchev–Trinajstić information content (AvgIpc) is 2.30. The average molecular weight is 377 g/mol. The zero-order valence-electron chi connectivity index (χ0n) is 10.7. The first kappa shape index (κ1) is 17.5. The van der Waals surface area contributed by atoms with Crippen LogP contribution in [0.5, 0.6) is 5.75 Å². The van der Waals surface area contributed by atoms with Crippen LogP contribution in [0.4, 0.5) is 13.2 Å². The van der Waals surface area contributed by atoms with E-state index in [2.05, 4.69) is 20.7 Å². The molecule has 114 valence electrons. The van der Waals surface area contributed by atoms with Crippen LogP contribution in [0.3, 0.4) is 0 Å². The molecule has 0 heterocycles. The summed E-state index contributed by atoms with van der Waals surface area (Å²) in [4.78, 5) is 0. The van der Waals surface area contributed by atoms with Gasteiger partial charge in [0.25, 0.3) is 0 Å². The highest BCUT2D eigenvalue weighted by molar-refractivity contribution is 9.10. The molecule has 9 heteroatoms. The summed E-state index contributed by atoms with van der Waals surface area (Å²) in [5.74, 6) is -0.606. The van der Waals surface area contributed by atoms with E-state index < -0.39 is 19.7 Å². The molecule has 0 aromatic heterocycles. The van der Waals surface area contributed by atoms with Gasteiger partial charge in [0, 0.05) is 4.47 Å². The van der Waals surface area contributed by atoms with Gasteiger partial charge >= 0.3 is 14.0 Å². The lowest BCUT2D eigenvalue weighted by atomic mass is 10.3. The Hall–Kier alpha value is -0.560. The van der Waals surface area contributed by atoms with Crippen molar-refractivity contribution < 1.29 is 31.5 Å². The SMILES string of the molecule is CCOP(=O)(OCC)c1cc(Br)ccc1OC(F)(F)F. The number of alkyl halides is 3. The number of ether oxygens (including phenoxy) is 1. The number of rotatable bonds is 6. The largest absolute Gasteiger partial charge is 0.573 e. The molecule has 1 rings (SSSR count). The molecule has 0 bridgehead atoms. The lowest BCUT2D eigenvalue weighted by molar-refractivity contribution is -0.274. The Bertz CT molecular complexity index is 497. The smallest absolute Gasteiger partial charge is 0.405 e. The first-order chi connectivity index (χ1) is 9.22. The van der Waals surface area contributed by atoms with E-state index in [4.69, 9.17) is 9.05 Å². The second-order valence-electron chi connectivity index (χ2n) is 3.49. The number of halogens is 4. The van der Waals surface area contributed by atoms with Gasteiger partial charge in [-0.3, -0.25) is 4.57 Å². The van der Waals surface area contributed by atoms with Crippen LogP contribution >= 0.6 is 23.5 Å². The van der Waals surface area contributed by atoms with Crippen molar-refractivity contribution in [3.05, 3.63) is 22.7 Å². The van der Waals surface area contributed by atoms with Crippen molar-refractivity contribution in [2.24, 2.45) is 0 Å². The van der Waals surface area contributed by atoms with Gasteiger partial charge in [0.05, 0.1) is 13.2 Å². The van der Waals surface area contributed by atoms with Gasteiger partial charge < -0.3 is 13.8 Å². The predicted molar refractivity (Wildman–Crippen MR) is 71.3 cm³/mol. The zero-order valence-corrected chi connectivity index (χ0v) is 13.2. The Labute approximate surface area is 122 Å². The van der Waals surface area contributed by atoms with Gasteiger partial charge in [-0.25, -0.2) is 0 Å². The monoisotopic (exact) mass is 376 g/mol. The fourth-order valence-electron chi connectivity index (χ4n) is 1.43. The minimum absolute atomic E-state index is 0.0231. The minimum Gasteiger partial charge on any atom is -0.405 e. The molecule has 0 amide bonds. The molecular weight excluding hydrogens is 364 g/mol. The Kier molecular flexibility index (Phi) is 6.06. The number of hydrogen-bond acceptors (Lipinski definition) is 4. The topological polar surface area (TPSA) is 44.8 Å². The second-order valence-corrected chi connectivity index (χ2v) is 6.40. The summed E-state index contributed by atoms with van der Waals surface area (Å²) in [7, 11) is -3.88. The zero-order chi connectivity index (χ0) is 15.4. The van der Waals surface area contributed by atoms with Crippen LogP contribution in [0.2, 0.25) is 0 Å². The van der Waals surface area contributed by atoms with E-state index in [1.54, 1.807) is 13.8 Å². The van der Waals surface area contributed by atoms with Crippen molar-refractivity contribution in [3.63, 3.8) is 0 Å². The van der Waals surface area contributed by atoms with Crippen molar-refractivity contribution in [2.75, 3.05) is 13.2 Å². The van der Waals surface area contributed by atoms with Gasteiger partial charge in [-0.1, -0.05) is 15.9 Å². The second kappa shape index (κ2) is 6.93. The summed E-state index contributed by atoms with van der Waals surface area (Å²) in [6.45, 7) is 3.17. The minimum atomic E-state index is -4.90. The first-order valence-corrected chi connectivity index (χ1v) is 8.00. The highest BCUT2D eigenvalue weighted by Gasteiger charge is 2.37. The Morgan fingerprint density at radius 3 is 2.20 bits per heavy atom. The lowest BCUT2D eigenvalue weighted by Gasteiger charge is -2.20. The van der Waals surface area contributed by atoms with E-state index in [1.807, 2.05) is 0 Å². The molecule has 0 atom stereocenters. The van der Waals surface area contributed by atoms with Crippen molar-refractivity contribution in [1.29, 1.82) is 0 Å². The maximum absolute atomic E-state index is 12.6.